The van der Waals surface area contributed by atoms with Crippen molar-refractivity contribution in [3.8, 4) is 0 Å². The van der Waals surface area contributed by atoms with Crippen LogP contribution in [0.25, 0.3) is 0 Å². The number of halogens is 1. The van der Waals surface area contributed by atoms with E-state index in [1.54, 1.807) is 0 Å². The lowest BCUT2D eigenvalue weighted by Crippen LogP contribution is -2.23. The number of carbonyl (C=O) groups is 2. The van der Waals surface area contributed by atoms with Gasteiger partial charge < -0.3 is 20.6 Å². The van der Waals surface area contributed by atoms with E-state index in [1.165, 1.54) is 19.1 Å². The summed E-state index contributed by atoms with van der Waals surface area (Å²) in [7, 11) is 0. The molecule has 0 bridgehead atoms. The highest BCUT2D eigenvalue weighted by atomic mass is 79.9. The molecule has 0 aromatic carbocycles. The summed E-state index contributed by atoms with van der Waals surface area (Å²) in [6.07, 6.45) is 0. The van der Waals surface area contributed by atoms with E-state index in [-0.39, 0.29) is 22.4 Å². The second kappa shape index (κ2) is 6.87. The Balaban J connectivity index is 2.22. The summed E-state index contributed by atoms with van der Waals surface area (Å²) >= 11 is 3.88. The Kier molecular flexibility index (Phi) is 5.11. The van der Waals surface area contributed by atoms with Crippen molar-refractivity contribution in [2.75, 3.05) is 11.1 Å². The molecule has 23 heavy (non-hydrogen) atoms. The molecular formula is C12H11BrN4O5S. The van der Waals surface area contributed by atoms with E-state index in [9.17, 15) is 14.4 Å². The van der Waals surface area contributed by atoms with Crippen LogP contribution in [-0.4, -0.2) is 32.2 Å². The summed E-state index contributed by atoms with van der Waals surface area (Å²) in [5, 5.41) is 10.4. The van der Waals surface area contributed by atoms with Crippen LogP contribution in [0.5, 0.6) is 0 Å². The number of aliphatic carboxylic acids is 1. The van der Waals surface area contributed by atoms with E-state index in [1.807, 2.05) is 0 Å². The maximum atomic E-state index is 12.0. The second-order valence-corrected chi connectivity index (χ2v) is 6.40. The monoisotopic (exact) mass is 402 g/mol. The molecule has 11 heteroatoms. The molecule has 9 nitrogen and oxygen atoms in total. The number of nitrogens with zero attached hydrogens (tertiary/aromatic N) is 1. The zero-order valence-corrected chi connectivity index (χ0v) is 14.0. The molecule has 0 aliphatic carbocycles. The summed E-state index contributed by atoms with van der Waals surface area (Å²) in [5.74, 6) is -1.98. The molecule has 0 radical (unpaired) electrons. The Morgan fingerprint density at radius 3 is 2.74 bits per heavy atom. The van der Waals surface area contributed by atoms with Crippen molar-refractivity contribution in [1.82, 2.24) is 9.97 Å². The van der Waals surface area contributed by atoms with Crippen LogP contribution in [0.4, 0.5) is 11.5 Å². The van der Waals surface area contributed by atoms with Gasteiger partial charge in [0.2, 0.25) is 0 Å². The fourth-order valence-electron chi connectivity index (χ4n) is 1.48. The number of nitrogens with one attached hydrogen (secondary N) is 2. The number of carboxylic acids is 1. The lowest BCUT2D eigenvalue weighted by Gasteiger charge is -2.09. The third-order valence-electron chi connectivity index (χ3n) is 2.60. The average Bonchev–Trinajstić information content (AvgIpc) is 2.89. The first-order valence-corrected chi connectivity index (χ1v) is 7.81. The van der Waals surface area contributed by atoms with Crippen LogP contribution in [0.1, 0.15) is 17.5 Å². The van der Waals surface area contributed by atoms with Crippen LogP contribution in [0.3, 0.4) is 0 Å². The minimum absolute atomic E-state index is 0.0198. The van der Waals surface area contributed by atoms with Crippen LogP contribution in [-0.2, 0) is 4.79 Å². The molecular weight excluding hydrogens is 392 g/mol. The Bertz CT molecular complexity index is 818. The number of furan rings is 1. The number of hydrogen-bond acceptors (Lipinski definition) is 7. The third kappa shape index (κ3) is 4.13. The number of anilines is 2. The third-order valence-corrected chi connectivity index (χ3v) is 4.00. The van der Waals surface area contributed by atoms with Crippen molar-refractivity contribution < 1.29 is 19.1 Å². The molecule has 2 aromatic heterocycles. The summed E-state index contributed by atoms with van der Waals surface area (Å²) < 4.78 is 5.42. The zero-order chi connectivity index (χ0) is 17.1. The second-order valence-electron chi connectivity index (χ2n) is 4.29. The van der Waals surface area contributed by atoms with Gasteiger partial charge in [0.25, 0.3) is 11.5 Å². The van der Waals surface area contributed by atoms with Gasteiger partial charge in [0, 0.05) is 0 Å². The standard InChI is InChI=1S/C12H11BrN4O5S/c1-4(11(20)21)23-12-16-8(14)7(10(19)17-12)15-9(18)5-2-3-6(13)22-5/h2-4H,1H3,(H,15,18)(H,20,21)(H3,14,16,17,19)/t4-/m0/s1. The highest BCUT2D eigenvalue weighted by molar-refractivity contribution is 9.10. The molecule has 0 unspecified atom stereocenters. The molecule has 0 aliphatic rings. The number of aromatic amines is 1. The van der Waals surface area contributed by atoms with Gasteiger partial charge in [-0.1, -0.05) is 11.8 Å². The number of nitrogens with two attached hydrogens (primary N) is 1. The number of amides is 1. The summed E-state index contributed by atoms with van der Waals surface area (Å²) in [5.41, 5.74) is 4.72. The lowest BCUT2D eigenvalue weighted by atomic mass is 10.4. The van der Waals surface area contributed by atoms with Gasteiger partial charge in [-0.25, -0.2) is 4.98 Å². The van der Waals surface area contributed by atoms with Crippen LogP contribution in [0.15, 0.2) is 31.2 Å². The van der Waals surface area contributed by atoms with Gasteiger partial charge in [-0.05, 0) is 35.0 Å². The van der Waals surface area contributed by atoms with Gasteiger partial charge in [-0.2, -0.15) is 0 Å². The number of nitrogen functional groups attached to an aromatic ring is 1. The first-order chi connectivity index (χ1) is 10.8. The summed E-state index contributed by atoms with van der Waals surface area (Å²) in [4.78, 5) is 41.0. The molecule has 5 N–H and O–H groups in total. The number of carboxylic acid groups (broad SMARTS) is 1. The molecule has 0 spiro atoms. The number of carbonyl (C=O) groups excluding carboxylic acids is 1. The molecule has 0 saturated heterocycles. The van der Waals surface area contributed by atoms with Gasteiger partial charge >= 0.3 is 5.97 Å². The van der Waals surface area contributed by atoms with E-state index < -0.39 is 22.7 Å². The van der Waals surface area contributed by atoms with Crippen LogP contribution < -0.4 is 16.6 Å². The number of aromatic nitrogens is 2. The number of thioether (sulfide) groups is 1. The van der Waals surface area contributed by atoms with Gasteiger partial charge in [0.15, 0.2) is 27.1 Å². The fraction of sp³-hybridized carbons (Fsp3) is 0.167. The van der Waals surface area contributed by atoms with E-state index in [2.05, 4.69) is 31.2 Å². The summed E-state index contributed by atoms with van der Waals surface area (Å²) in [6, 6.07) is 2.93. The predicted octanol–water partition coefficient (Wildman–Crippen LogP) is 1.53. The van der Waals surface area contributed by atoms with Crippen molar-refractivity contribution in [1.29, 1.82) is 0 Å². The van der Waals surface area contributed by atoms with E-state index in [0.717, 1.165) is 11.8 Å². The van der Waals surface area contributed by atoms with E-state index >= 15 is 0 Å². The topological polar surface area (TPSA) is 151 Å². The number of rotatable bonds is 5. The number of hydrogen-bond donors (Lipinski definition) is 4. The zero-order valence-electron chi connectivity index (χ0n) is 11.6. The van der Waals surface area contributed by atoms with Crippen LogP contribution in [0, 0.1) is 0 Å². The maximum Gasteiger partial charge on any atom is 0.316 e. The minimum atomic E-state index is -1.06. The molecule has 0 saturated carbocycles. The van der Waals surface area contributed by atoms with Crippen LogP contribution in [0.2, 0.25) is 0 Å². The van der Waals surface area contributed by atoms with Gasteiger partial charge in [-0.15, -0.1) is 0 Å². The highest BCUT2D eigenvalue weighted by Crippen LogP contribution is 2.22. The lowest BCUT2D eigenvalue weighted by molar-refractivity contribution is -0.136. The van der Waals surface area contributed by atoms with Crippen molar-refractivity contribution in [3.63, 3.8) is 0 Å². The normalized spacial score (nSPS) is 11.9. The molecule has 122 valence electrons. The quantitative estimate of drug-likeness (QED) is 0.433. The Morgan fingerprint density at radius 2 is 2.22 bits per heavy atom. The fourth-order valence-corrected chi connectivity index (χ4v) is 2.52. The molecule has 2 rings (SSSR count). The highest BCUT2D eigenvalue weighted by Gasteiger charge is 2.19. The van der Waals surface area contributed by atoms with Crippen molar-refractivity contribution in [3.05, 3.63) is 32.9 Å². The molecule has 0 aliphatic heterocycles. The van der Waals surface area contributed by atoms with Gasteiger partial charge in [-0.3, -0.25) is 19.4 Å². The first-order valence-electron chi connectivity index (χ1n) is 6.14. The molecule has 1 atom stereocenters. The Hall–Kier alpha value is -2.27. The summed E-state index contributed by atoms with van der Waals surface area (Å²) in [6.45, 7) is 1.44. The maximum absolute atomic E-state index is 12.0. The average molecular weight is 403 g/mol. The predicted molar refractivity (Wildman–Crippen MR) is 86.6 cm³/mol. The molecule has 0 fully saturated rings. The smallest absolute Gasteiger partial charge is 0.316 e. The number of H-pyrrole nitrogens is 1. The first kappa shape index (κ1) is 17.1. The Labute approximate surface area is 141 Å². The van der Waals surface area contributed by atoms with Crippen molar-refractivity contribution in [2.45, 2.75) is 17.3 Å². The van der Waals surface area contributed by atoms with Crippen molar-refractivity contribution in [2.24, 2.45) is 0 Å². The van der Waals surface area contributed by atoms with Crippen molar-refractivity contribution >= 4 is 51.1 Å². The van der Waals surface area contributed by atoms with Gasteiger partial charge in [0.05, 0.1) is 0 Å². The molecule has 2 heterocycles. The molecule has 1 amide bonds. The Morgan fingerprint density at radius 1 is 1.52 bits per heavy atom. The van der Waals surface area contributed by atoms with Gasteiger partial charge in [0.1, 0.15) is 5.25 Å². The van der Waals surface area contributed by atoms with Crippen LogP contribution >= 0.6 is 27.7 Å². The van der Waals surface area contributed by atoms with E-state index in [4.69, 9.17) is 15.3 Å². The molecule has 2 aromatic rings. The SMILES string of the molecule is C[C@H](Sc1nc(N)c(NC(=O)c2ccc(Br)o2)c(=O)[nH]1)C(=O)O. The largest absolute Gasteiger partial charge is 0.480 e. The van der Waals surface area contributed by atoms with E-state index in [0.29, 0.717) is 4.67 Å². The minimum Gasteiger partial charge on any atom is -0.480 e.